The number of hydrogen-bond acceptors (Lipinski definition) is 6. The van der Waals surface area contributed by atoms with E-state index in [-0.39, 0.29) is 25.1 Å². The largest absolute Gasteiger partial charge is 0.457 e. The number of carbonyl (C=O) groups excluding carboxylic acids is 2. The minimum atomic E-state index is -1.92. The maximum absolute atomic E-state index is 13.3. The van der Waals surface area contributed by atoms with E-state index in [1.807, 2.05) is 19.2 Å². The van der Waals surface area contributed by atoms with Crippen molar-refractivity contribution < 1.29 is 23.9 Å². The Kier molecular flexibility index (Phi) is 7.00. The van der Waals surface area contributed by atoms with Crippen LogP contribution in [-0.4, -0.2) is 64.2 Å². The van der Waals surface area contributed by atoms with E-state index < -0.39 is 11.6 Å². The van der Waals surface area contributed by atoms with Crippen molar-refractivity contribution >= 4 is 17.7 Å². The molecule has 176 valence electrons. The summed E-state index contributed by atoms with van der Waals surface area (Å²) in [5.74, 6) is -0.442. The van der Waals surface area contributed by atoms with E-state index in [4.69, 9.17) is 4.74 Å². The van der Waals surface area contributed by atoms with E-state index in [1.165, 1.54) is 6.33 Å². The van der Waals surface area contributed by atoms with Crippen LogP contribution in [0.3, 0.4) is 0 Å². The van der Waals surface area contributed by atoms with E-state index in [9.17, 15) is 14.7 Å². The number of anilines is 1. The number of rotatable bonds is 8. The second-order valence-electron chi connectivity index (χ2n) is 8.84. The Morgan fingerprint density at radius 2 is 1.74 bits per heavy atom. The molecule has 0 aliphatic carbocycles. The van der Waals surface area contributed by atoms with Crippen molar-refractivity contribution in [1.29, 1.82) is 0 Å². The van der Waals surface area contributed by atoms with Gasteiger partial charge in [-0.05, 0) is 17.2 Å². The average molecular weight is 462 g/mol. The molecule has 1 aliphatic heterocycles. The first-order chi connectivity index (χ1) is 16.4. The van der Waals surface area contributed by atoms with Crippen LogP contribution in [0.2, 0.25) is 0 Å². The topological polar surface area (TPSA) is 101 Å². The molecule has 1 aliphatic rings. The van der Waals surface area contributed by atoms with Crippen molar-refractivity contribution in [1.82, 2.24) is 9.97 Å². The molecule has 0 spiro atoms. The number of aromatic nitrogens is 2. The van der Waals surface area contributed by atoms with Crippen molar-refractivity contribution in [3.63, 3.8) is 0 Å². The van der Waals surface area contributed by atoms with Crippen molar-refractivity contribution in [2.75, 3.05) is 32.1 Å². The molecular weight excluding hydrogens is 432 g/mol. The number of hydrogen-bond donors (Lipinski definition) is 2. The average Bonchev–Trinajstić information content (AvgIpc) is 3.23. The van der Waals surface area contributed by atoms with Gasteiger partial charge in [0.15, 0.2) is 6.54 Å². The predicted octanol–water partition coefficient (Wildman–Crippen LogP) is 2.50. The van der Waals surface area contributed by atoms with Crippen LogP contribution in [0.4, 0.5) is 5.82 Å². The van der Waals surface area contributed by atoms with Gasteiger partial charge in [0.2, 0.25) is 5.60 Å². The summed E-state index contributed by atoms with van der Waals surface area (Å²) in [5.41, 5.74) is -1.03. The summed E-state index contributed by atoms with van der Waals surface area (Å²) in [6, 6.07) is 19.2. The van der Waals surface area contributed by atoms with Gasteiger partial charge in [0.25, 0.3) is 5.91 Å². The van der Waals surface area contributed by atoms with Crippen LogP contribution in [-0.2, 0) is 19.9 Å². The Hall–Kier alpha value is -3.62. The van der Waals surface area contributed by atoms with Crippen LogP contribution < -0.4 is 5.32 Å². The lowest BCUT2D eigenvalue weighted by atomic mass is 9.86. The second-order valence-corrected chi connectivity index (χ2v) is 8.84. The fraction of sp³-hybridized carbons (Fsp3) is 0.308. The third kappa shape index (κ3) is 4.98. The van der Waals surface area contributed by atoms with Gasteiger partial charge in [-0.1, -0.05) is 60.7 Å². The Morgan fingerprint density at radius 1 is 1.09 bits per heavy atom. The highest BCUT2D eigenvalue weighted by molar-refractivity contribution is 5.90. The molecule has 0 radical (unpaired) electrons. The molecular formula is C26H29N4O4+. The van der Waals surface area contributed by atoms with Gasteiger partial charge in [0, 0.05) is 19.0 Å². The van der Waals surface area contributed by atoms with Crippen molar-refractivity contribution in [3.05, 3.63) is 90.4 Å². The van der Waals surface area contributed by atoms with Crippen LogP contribution in [0, 0.1) is 0 Å². The van der Waals surface area contributed by atoms with Gasteiger partial charge < -0.3 is 19.6 Å². The lowest BCUT2D eigenvalue weighted by molar-refractivity contribution is -0.913. The molecule has 2 heterocycles. The number of likely N-dealkylation sites (tertiary alicyclic amines) is 1. The first-order valence-electron chi connectivity index (χ1n) is 11.3. The number of carbonyl (C=O) groups is 2. The highest BCUT2D eigenvalue weighted by Crippen LogP contribution is 2.32. The number of ether oxygens (including phenoxy) is 1. The first kappa shape index (κ1) is 23.5. The minimum Gasteiger partial charge on any atom is -0.457 e. The predicted molar refractivity (Wildman–Crippen MR) is 126 cm³/mol. The quantitative estimate of drug-likeness (QED) is 0.395. The van der Waals surface area contributed by atoms with Crippen LogP contribution in [0.25, 0.3) is 0 Å². The number of benzene rings is 2. The lowest BCUT2D eigenvalue weighted by Crippen LogP contribution is -2.54. The number of amides is 1. The zero-order chi connectivity index (χ0) is 24.0. The number of likely N-dealkylation sites (N-methyl/N-ethyl adjacent to an activating group) is 1. The number of quaternary nitrogens is 1. The molecule has 0 bridgehead atoms. The van der Waals surface area contributed by atoms with Crippen molar-refractivity contribution in [2.24, 2.45) is 0 Å². The smallest absolute Gasteiger partial charge is 0.347 e. The Balaban J connectivity index is 1.46. The molecule has 2 atom stereocenters. The molecule has 4 rings (SSSR count). The van der Waals surface area contributed by atoms with E-state index >= 15 is 0 Å². The Labute approximate surface area is 198 Å². The maximum atomic E-state index is 13.3. The summed E-state index contributed by atoms with van der Waals surface area (Å²) >= 11 is 0. The zero-order valence-corrected chi connectivity index (χ0v) is 19.1. The fourth-order valence-electron chi connectivity index (χ4n) is 4.57. The van der Waals surface area contributed by atoms with Gasteiger partial charge >= 0.3 is 5.97 Å². The first-order valence-corrected chi connectivity index (χ1v) is 11.3. The third-order valence-electron chi connectivity index (χ3n) is 6.53. The van der Waals surface area contributed by atoms with Crippen LogP contribution in [0.15, 0.2) is 79.3 Å². The van der Waals surface area contributed by atoms with E-state index in [1.54, 1.807) is 60.8 Å². The molecule has 0 saturated carbocycles. The molecule has 34 heavy (non-hydrogen) atoms. The van der Waals surface area contributed by atoms with Crippen LogP contribution in [0.5, 0.6) is 0 Å². The normalized spacial score (nSPS) is 20.0. The van der Waals surface area contributed by atoms with Gasteiger partial charge in [0.05, 0.1) is 13.6 Å². The van der Waals surface area contributed by atoms with Gasteiger partial charge in [-0.2, -0.15) is 0 Å². The highest BCUT2D eigenvalue weighted by Gasteiger charge is 2.45. The summed E-state index contributed by atoms with van der Waals surface area (Å²) in [4.78, 5) is 33.9. The van der Waals surface area contributed by atoms with E-state index in [2.05, 4.69) is 15.3 Å². The summed E-state index contributed by atoms with van der Waals surface area (Å²) in [6.45, 7) is 1.13. The Bertz CT molecular complexity index is 1070. The molecule has 1 fully saturated rings. The zero-order valence-electron chi connectivity index (χ0n) is 19.1. The maximum Gasteiger partial charge on any atom is 0.347 e. The van der Waals surface area contributed by atoms with Gasteiger partial charge in [0.1, 0.15) is 24.8 Å². The SMILES string of the molecule is C[N+]1(CC(=O)Nc2ccncn2)CCCC1COC(=O)C(O)(c1ccccc1)c1ccccc1. The molecule has 1 amide bonds. The fourth-order valence-corrected chi connectivity index (χ4v) is 4.57. The molecule has 2 aromatic carbocycles. The lowest BCUT2D eigenvalue weighted by Gasteiger charge is -2.36. The van der Waals surface area contributed by atoms with E-state index in [0.29, 0.717) is 21.4 Å². The molecule has 8 heteroatoms. The third-order valence-corrected chi connectivity index (χ3v) is 6.53. The number of esters is 1. The van der Waals surface area contributed by atoms with Crippen LogP contribution >= 0.6 is 0 Å². The summed E-state index contributed by atoms with van der Waals surface area (Å²) < 4.78 is 6.18. The van der Waals surface area contributed by atoms with E-state index in [0.717, 1.165) is 19.4 Å². The molecule has 2 N–H and O–H groups in total. The number of aliphatic hydroxyl groups is 1. The van der Waals surface area contributed by atoms with Gasteiger partial charge in [-0.15, -0.1) is 0 Å². The number of nitrogens with one attached hydrogen (secondary N) is 1. The van der Waals surface area contributed by atoms with Crippen molar-refractivity contribution in [3.8, 4) is 0 Å². The second kappa shape index (κ2) is 10.1. The Morgan fingerprint density at radius 3 is 2.32 bits per heavy atom. The molecule has 1 saturated heterocycles. The summed E-state index contributed by atoms with van der Waals surface area (Å²) in [6.07, 6.45) is 4.68. The standard InChI is InChI=1S/C26H28N4O4/c1-30(17-24(31)29-23-14-15-27-19-28-23)16-8-13-22(30)18-34-25(32)26(33,20-9-4-2-5-10-20)21-11-6-3-7-12-21/h2-7,9-12,14-15,19,22,33H,8,13,16-18H2,1H3/p+1. The van der Waals surface area contributed by atoms with Gasteiger partial charge in [-0.3, -0.25) is 4.79 Å². The summed E-state index contributed by atoms with van der Waals surface area (Å²) in [5, 5.41) is 14.4. The molecule has 2 unspecified atom stereocenters. The number of nitrogens with zero attached hydrogens (tertiary/aromatic N) is 3. The van der Waals surface area contributed by atoms with Gasteiger partial charge in [-0.25, -0.2) is 14.8 Å². The molecule has 1 aromatic heterocycles. The van der Waals surface area contributed by atoms with Crippen molar-refractivity contribution in [2.45, 2.75) is 24.5 Å². The molecule has 3 aromatic rings. The highest BCUT2D eigenvalue weighted by atomic mass is 16.6. The monoisotopic (exact) mass is 461 g/mol. The van der Waals surface area contributed by atoms with Crippen LogP contribution in [0.1, 0.15) is 24.0 Å². The summed E-state index contributed by atoms with van der Waals surface area (Å²) in [7, 11) is 1.99. The minimum absolute atomic E-state index is 0.0594. The molecule has 8 nitrogen and oxygen atoms in total.